The molecule has 1 aromatic rings. The number of nitrogens with zero attached hydrogens (tertiary/aromatic N) is 2. The fourth-order valence-corrected chi connectivity index (χ4v) is 3.16. The maximum Gasteiger partial charge on any atom is 0.228 e. The Kier molecular flexibility index (Phi) is 6.14. The molecule has 0 unspecified atom stereocenters. The van der Waals surface area contributed by atoms with Gasteiger partial charge in [-0.3, -0.25) is 4.79 Å². The molecule has 5 nitrogen and oxygen atoms in total. The highest BCUT2D eigenvalue weighted by molar-refractivity contribution is 7.09. The van der Waals surface area contributed by atoms with Crippen LogP contribution in [0, 0.1) is 0 Å². The van der Waals surface area contributed by atoms with E-state index in [0.717, 1.165) is 23.7 Å². The van der Waals surface area contributed by atoms with Gasteiger partial charge in [-0.05, 0) is 6.42 Å². The van der Waals surface area contributed by atoms with E-state index in [2.05, 4.69) is 18.8 Å². The normalized spacial score (nSPS) is 18.7. The van der Waals surface area contributed by atoms with Crippen molar-refractivity contribution in [1.82, 2.24) is 9.88 Å². The number of carbonyl (C=O) groups is 1. The predicted molar refractivity (Wildman–Crippen MR) is 82.7 cm³/mol. The monoisotopic (exact) mass is 312 g/mol. The van der Waals surface area contributed by atoms with Crippen LogP contribution in [0.1, 0.15) is 36.9 Å². The molecule has 6 heteroatoms. The number of hydrogen-bond acceptors (Lipinski definition) is 5. The quantitative estimate of drug-likeness (QED) is 0.723. The molecule has 0 bridgehead atoms. The second-order valence-corrected chi connectivity index (χ2v) is 6.51. The molecule has 0 aliphatic carbocycles. The highest BCUT2D eigenvalue weighted by Gasteiger charge is 2.27. The zero-order valence-corrected chi connectivity index (χ0v) is 13.8. The SMILES string of the molecule is COCCO[C@@H]1CCN(C(=O)Cc2csc(C(C)C)n2)C1. The number of aromatic nitrogens is 1. The predicted octanol–water partition coefficient (Wildman–Crippen LogP) is 2.07. The third kappa shape index (κ3) is 4.76. The van der Waals surface area contributed by atoms with Crippen LogP contribution in [0.2, 0.25) is 0 Å². The van der Waals surface area contributed by atoms with Gasteiger partial charge in [-0.2, -0.15) is 0 Å². The summed E-state index contributed by atoms with van der Waals surface area (Å²) in [6.45, 7) is 6.88. The lowest BCUT2D eigenvalue weighted by Crippen LogP contribution is -2.31. The fraction of sp³-hybridized carbons (Fsp3) is 0.733. The lowest BCUT2D eigenvalue weighted by molar-refractivity contribution is -0.130. The number of rotatable bonds is 7. The molecule has 1 aromatic heterocycles. The van der Waals surface area contributed by atoms with Gasteiger partial charge >= 0.3 is 0 Å². The first-order valence-electron chi connectivity index (χ1n) is 7.42. The number of hydrogen-bond donors (Lipinski definition) is 0. The summed E-state index contributed by atoms with van der Waals surface area (Å²) >= 11 is 1.64. The Morgan fingerprint density at radius 2 is 2.33 bits per heavy atom. The second-order valence-electron chi connectivity index (χ2n) is 5.62. The molecule has 2 rings (SSSR count). The summed E-state index contributed by atoms with van der Waals surface area (Å²) in [5.41, 5.74) is 0.887. The average molecular weight is 312 g/mol. The van der Waals surface area contributed by atoms with E-state index >= 15 is 0 Å². The highest BCUT2D eigenvalue weighted by Crippen LogP contribution is 2.20. The van der Waals surface area contributed by atoms with Gasteiger partial charge in [-0.25, -0.2) is 4.98 Å². The average Bonchev–Trinajstić information content (AvgIpc) is 3.08. The Hall–Kier alpha value is -0.980. The molecule has 0 radical (unpaired) electrons. The molecule has 0 aromatic carbocycles. The van der Waals surface area contributed by atoms with Crippen molar-refractivity contribution in [3.8, 4) is 0 Å². The van der Waals surface area contributed by atoms with E-state index < -0.39 is 0 Å². The van der Waals surface area contributed by atoms with Gasteiger partial charge in [0.2, 0.25) is 5.91 Å². The molecule has 1 fully saturated rings. The first kappa shape index (κ1) is 16.4. The minimum absolute atomic E-state index is 0.144. The molecule has 21 heavy (non-hydrogen) atoms. The third-order valence-electron chi connectivity index (χ3n) is 3.53. The van der Waals surface area contributed by atoms with Crippen molar-refractivity contribution in [1.29, 1.82) is 0 Å². The third-order valence-corrected chi connectivity index (χ3v) is 4.73. The lowest BCUT2D eigenvalue weighted by Gasteiger charge is -2.16. The Labute approximate surface area is 130 Å². The van der Waals surface area contributed by atoms with Crippen LogP contribution in [0.15, 0.2) is 5.38 Å². The van der Waals surface area contributed by atoms with E-state index in [0.29, 0.717) is 32.1 Å². The molecule has 1 aliphatic heterocycles. The molecule has 118 valence electrons. The second kappa shape index (κ2) is 7.87. The lowest BCUT2D eigenvalue weighted by atomic mass is 10.2. The summed E-state index contributed by atoms with van der Waals surface area (Å²) < 4.78 is 10.6. The highest BCUT2D eigenvalue weighted by atomic mass is 32.1. The number of ether oxygens (including phenoxy) is 2. The van der Waals surface area contributed by atoms with Crippen LogP contribution in [0.5, 0.6) is 0 Å². The summed E-state index contributed by atoms with van der Waals surface area (Å²) in [4.78, 5) is 18.7. The van der Waals surface area contributed by atoms with Gasteiger partial charge in [0.25, 0.3) is 0 Å². The van der Waals surface area contributed by atoms with Crippen LogP contribution in [-0.2, 0) is 20.7 Å². The van der Waals surface area contributed by atoms with E-state index in [-0.39, 0.29) is 12.0 Å². The molecule has 2 heterocycles. The first-order valence-corrected chi connectivity index (χ1v) is 8.30. The standard InChI is InChI=1S/C15H24N2O3S/c1-11(2)15-16-12(10-21-15)8-14(18)17-5-4-13(9-17)20-7-6-19-3/h10-11,13H,4-9H2,1-3H3/t13-/m1/s1. The number of methoxy groups -OCH3 is 1. The van der Waals surface area contributed by atoms with Crippen LogP contribution in [0.3, 0.4) is 0 Å². The minimum Gasteiger partial charge on any atom is -0.382 e. The first-order chi connectivity index (χ1) is 10.1. The van der Waals surface area contributed by atoms with Crippen LogP contribution in [-0.4, -0.2) is 55.3 Å². The molecule has 1 amide bonds. The summed E-state index contributed by atoms with van der Waals surface area (Å²) in [6, 6.07) is 0. The van der Waals surface area contributed by atoms with E-state index in [1.807, 2.05) is 10.3 Å². The van der Waals surface area contributed by atoms with E-state index in [9.17, 15) is 4.79 Å². The number of carbonyl (C=O) groups excluding carboxylic acids is 1. The number of likely N-dealkylation sites (tertiary alicyclic amines) is 1. The largest absolute Gasteiger partial charge is 0.382 e. The van der Waals surface area contributed by atoms with Crippen molar-refractivity contribution in [2.75, 3.05) is 33.4 Å². The van der Waals surface area contributed by atoms with Gasteiger partial charge in [0.15, 0.2) is 0 Å². The maximum atomic E-state index is 12.3. The van der Waals surface area contributed by atoms with Gasteiger partial charge in [0, 0.05) is 31.5 Å². The van der Waals surface area contributed by atoms with Crippen molar-refractivity contribution in [2.45, 2.75) is 38.7 Å². The Balaban J connectivity index is 1.78. The van der Waals surface area contributed by atoms with E-state index in [1.54, 1.807) is 18.4 Å². The Bertz CT molecular complexity index is 462. The molecule has 1 aliphatic rings. The van der Waals surface area contributed by atoms with Crippen LogP contribution >= 0.6 is 11.3 Å². The summed E-state index contributed by atoms with van der Waals surface area (Å²) in [7, 11) is 1.66. The molecule has 0 spiro atoms. The Morgan fingerprint density at radius 1 is 1.52 bits per heavy atom. The van der Waals surface area contributed by atoms with E-state index in [4.69, 9.17) is 9.47 Å². The van der Waals surface area contributed by atoms with Gasteiger partial charge in [0.1, 0.15) is 0 Å². The molecule has 1 saturated heterocycles. The van der Waals surface area contributed by atoms with Gasteiger partial charge in [0.05, 0.1) is 36.4 Å². The van der Waals surface area contributed by atoms with Gasteiger partial charge < -0.3 is 14.4 Å². The van der Waals surface area contributed by atoms with Gasteiger partial charge in [-0.1, -0.05) is 13.8 Å². The van der Waals surface area contributed by atoms with Crippen molar-refractivity contribution in [2.24, 2.45) is 0 Å². The molecule has 0 N–H and O–H groups in total. The Morgan fingerprint density at radius 3 is 3.00 bits per heavy atom. The zero-order chi connectivity index (χ0) is 15.2. The van der Waals surface area contributed by atoms with Crippen molar-refractivity contribution in [3.63, 3.8) is 0 Å². The molecule has 0 saturated carbocycles. The zero-order valence-electron chi connectivity index (χ0n) is 13.0. The van der Waals surface area contributed by atoms with Crippen LogP contribution in [0.4, 0.5) is 0 Å². The molecule has 1 atom stereocenters. The van der Waals surface area contributed by atoms with Crippen LogP contribution in [0.25, 0.3) is 0 Å². The van der Waals surface area contributed by atoms with Crippen molar-refractivity contribution in [3.05, 3.63) is 16.1 Å². The van der Waals surface area contributed by atoms with Gasteiger partial charge in [-0.15, -0.1) is 11.3 Å². The summed E-state index contributed by atoms with van der Waals surface area (Å²) in [5, 5.41) is 3.09. The van der Waals surface area contributed by atoms with Crippen LogP contribution < -0.4 is 0 Å². The maximum absolute atomic E-state index is 12.3. The summed E-state index contributed by atoms with van der Waals surface area (Å²) in [6.07, 6.45) is 1.45. The van der Waals surface area contributed by atoms with E-state index in [1.165, 1.54) is 0 Å². The minimum atomic E-state index is 0.144. The number of amides is 1. The smallest absolute Gasteiger partial charge is 0.228 e. The van der Waals surface area contributed by atoms with Crippen molar-refractivity contribution < 1.29 is 14.3 Å². The van der Waals surface area contributed by atoms with Crippen molar-refractivity contribution >= 4 is 17.2 Å². The summed E-state index contributed by atoms with van der Waals surface area (Å²) in [5.74, 6) is 0.567. The number of thiazole rings is 1. The molecular formula is C15H24N2O3S. The molecular weight excluding hydrogens is 288 g/mol. The topological polar surface area (TPSA) is 51.7 Å². The fourth-order valence-electron chi connectivity index (χ4n) is 2.32.